The normalized spacial score (nSPS) is 26.4. The number of carbonyl (C=O) groups excluding carboxylic acids is 1. The lowest BCUT2D eigenvalue weighted by atomic mass is 10.1. The van der Waals surface area contributed by atoms with Gasteiger partial charge in [-0.15, -0.1) is 0 Å². The second kappa shape index (κ2) is 5.10. The van der Waals surface area contributed by atoms with Crippen molar-refractivity contribution < 1.29 is 4.79 Å². The molecule has 88 valence electrons. The molecule has 1 saturated carbocycles. The van der Waals surface area contributed by atoms with Gasteiger partial charge < -0.3 is 10.6 Å². The molecule has 1 aliphatic rings. The summed E-state index contributed by atoms with van der Waals surface area (Å²) in [5.41, 5.74) is -0.151. The highest BCUT2D eigenvalue weighted by Gasteiger charge is 2.25. The third-order valence-electron chi connectivity index (χ3n) is 2.54. The van der Waals surface area contributed by atoms with Crippen molar-refractivity contribution >= 4 is 17.8 Å². The molecule has 0 aromatic rings. The van der Waals surface area contributed by atoms with Crippen LogP contribution in [0.3, 0.4) is 0 Å². The number of urea groups is 1. The Kier molecular flexibility index (Phi) is 4.32. The van der Waals surface area contributed by atoms with Gasteiger partial charge in [-0.25, -0.2) is 4.79 Å². The SMILES string of the molecule is CSC1CCC(NC(=O)NC(C)(C)C)C1. The second-order valence-electron chi connectivity index (χ2n) is 5.22. The molecular weight excluding hydrogens is 208 g/mol. The Bertz CT molecular complexity index is 225. The zero-order chi connectivity index (χ0) is 11.5. The number of hydrogen-bond donors (Lipinski definition) is 2. The van der Waals surface area contributed by atoms with Crippen molar-refractivity contribution in [1.29, 1.82) is 0 Å². The van der Waals surface area contributed by atoms with E-state index in [0.29, 0.717) is 6.04 Å². The summed E-state index contributed by atoms with van der Waals surface area (Å²) in [5.74, 6) is 0. The van der Waals surface area contributed by atoms with E-state index < -0.39 is 0 Å². The Morgan fingerprint density at radius 2 is 2.00 bits per heavy atom. The number of amides is 2. The molecule has 0 spiro atoms. The van der Waals surface area contributed by atoms with Crippen molar-refractivity contribution in [2.75, 3.05) is 6.26 Å². The van der Waals surface area contributed by atoms with E-state index in [2.05, 4.69) is 16.9 Å². The Hall–Kier alpha value is -0.380. The van der Waals surface area contributed by atoms with Gasteiger partial charge in [-0.2, -0.15) is 11.8 Å². The maximum atomic E-state index is 11.6. The molecule has 15 heavy (non-hydrogen) atoms. The van der Waals surface area contributed by atoms with Crippen LogP contribution in [0.5, 0.6) is 0 Å². The lowest BCUT2D eigenvalue weighted by Crippen LogP contribution is -2.49. The average molecular weight is 230 g/mol. The Morgan fingerprint density at radius 1 is 1.33 bits per heavy atom. The minimum absolute atomic E-state index is 0.0331. The van der Waals surface area contributed by atoms with E-state index in [1.165, 1.54) is 6.42 Å². The molecule has 0 saturated heterocycles. The fourth-order valence-corrected chi connectivity index (χ4v) is 2.64. The van der Waals surface area contributed by atoms with Crippen LogP contribution in [0.4, 0.5) is 4.79 Å². The van der Waals surface area contributed by atoms with E-state index in [-0.39, 0.29) is 11.6 Å². The van der Waals surface area contributed by atoms with Crippen LogP contribution in [0.25, 0.3) is 0 Å². The maximum Gasteiger partial charge on any atom is 0.315 e. The zero-order valence-corrected chi connectivity index (χ0v) is 10.9. The van der Waals surface area contributed by atoms with Crippen molar-refractivity contribution in [2.24, 2.45) is 0 Å². The van der Waals surface area contributed by atoms with Crippen LogP contribution in [0.1, 0.15) is 40.0 Å². The third-order valence-corrected chi connectivity index (χ3v) is 3.64. The molecule has 0 bridgehead atoms. The van der Waals surface area contributed by atoms with Crippen molar-refractivity contribution in [2.45, 2.75) is 56.9 Å². The highest BCUT2D eigenvalue weighted by atomic mass is 32.2. The van der Waals surface area contributed by atoms with Crippen LogP contribution in [-0.2, 0) is 0 Å². The van der Waals surface area contributed by atoms with Gasteiger partial charge in [0.05, 0.1) is 0 Å². The van der Waals surface area contributed by atoms with E-state index in [4.69, 9.17) is 0 Å². The summed E-state index contributed by atoms with van der Waals surface area (Å²) in [6, 6.07) is 0.332. The van der Waals surface area contributed by atoms with Gasteiger partial charge in [-0.3, -0.25) is 0 Å². The summed E-state index contributed by atoms with van der Waals surface area (Å²) in [4.78, 5) is 11.6. The molecule has 0 heterocycles. The van der Waals surface area contributed by atoms with Gasteiger partial charge in [0.15, 0.2) is 0 Å². The topological polar surface area (TPSA) is 41.1 Å². The lowest BCUT2D eigenvalue weighted by molar-refractivity contribution is 0.228. The van der Waals surface area contributed by atoms with Crippen LogP contribution in [0.2, 0.25) is 0 Å². The summed E-state index contributed by atoms with van der Waals surface area (Å²) in [5, 5.41) is 6.69. The van der Waals surface area contributed by atoms with Crippen molar-refractivity contribution in [3.05, 3.63) is 0 Å². The molecule has 4 heteroatoms. The smallest absolute Gasteiger partial charge is 0.315 e. The minimum Gasteiger partial charge on any atom is -0.335 e. The summed E-state index contributed by atoms with van der Waals surface area (Å²) < 4.78 is 0. The van der Waals surface area contributed by atoms with E-state index in [1.54, 1.807) is 0 Å². The molecule has 3 nitrogen and oxygen atoms in total. The standard InChI is InChI=1S/C11H22N2OS/c1-11(2,3)13-10(14)12-8-5-6-9(7-8)15-4/h8-9H,5-7H2,1-4H3,(H2,12,13,14). The van der Waals surface area contributed by atoms with E-state index in [0.717, 1.165) is 18.1 Å². The van der Waals surface area contributed by atoms with Crippen LogP contribution in [-0.4, -0.2) is 29.1 Å². The number of carbonyl (C=O) groups is 1. The van der Waals surface area contributed by atoms with Gasteiger partial charge in [0.2, 0.25) is 0 Å². The van der Waals surface area contributed by atoms with Gasteiger partial charge in [-0.05, 0) is 46.3 Å². The first-order valence-electron chi connectivity index (χ1n) is 5.52. The predicted octanol–water partition coefficient (Wildman–Crippen LogP) is 2.37. The van der Waals surface area contributed by atoms with Crippen LogP contribution >= 0.6 is 11.8 Å². The molecule has 0 aliphatic heterocycles. The number of rotatable bonds is 2. The second-order valence-corrected chi connectivity index (χ2v) is 6.35. The quantitative estimate of drug-likeness (QED) is 0.764. The van der Waals surface area contributed by atoms with Gasteiger partial charge in [0.25, 0.3) is 0 Å². The van der Waals surface area contributed by atoms with Crippen LogP contribution in [0, 0.1) is 0 Å². The summed E-state index contributed by atoms with van der Waals surface area (Å²) in [6.45, 7) is 5.98. The summed E-state index contributed by atoms with van der Waals surface area (Å²) >= 11 is 1.90. The molecular formula is C11H22N2OS. The summed E-state index contributed by atoms with van der Waals surface area (Å²) in [7, 11) is 0. The molecule has 1 rings (SSSR count). The molecule has 1 aliphatic carbocycles. The predicted molar refractivity (Wildman–Crippen MR) is 66.4 cm³/mol. The van der Waals surface area contributed by atoms with Crippen molar-refractivity contribution in [3.63, 3.8) is 0 Å². The number of thioether (sulfide) groups is 1. The maximum absolute atomic E-state index is 11.6. The third kappa shape index (κ3) is 4.78. The van der Waals surface area contributed by atoms with E-state index in [9.17, 15) is 4.79 Å². The highest BCUT2D eigenvalue weighted by molar-refractivity contribution is 7.99. The molecule has 0 aromatic carbocycles. The molecule has 2 atom stereocenters. The Morgan fingerprint density at radius 3 is 2.47 bits per heavy atom. The molecule has 2 unspecified atom stereocenters. The highest BCUT2D eigenvalue weighted by Crippen LogP contribution is 2.27. The molecule has 1 fully saturated rings. The lowest BCUT2D eigenvalue weighted by Gasteiger charge is -2.22. The average Bonchev–Trinajstić information content (AvgIpc) is 2.48. The first kappa shape index (κ1) is 12.7. The number of hydrogen-bond acceptors (Lipinski definition) is 2. The monoisotopic (exact) mass is 230 g/mol. The first-order valence-corrected chi connectivity index (χ1v) is 6.81. The fraction of sp³-hybridized carbons (Fsp3) is 0.909. The molecule has 0 radical (unpaired) electrons. The van der Waals surface area contributed by atoms with Gasteiger partial charge >= 0.3 is 6.03 Å². The van der Waals surface area contributed by atoms with Crippen LogP contribution in [0.15, 0.2) is 0 Å². The Labute approximate surface area is 96.8 Å². The largest absolute Gasteiger partial charge is 0.335 e. The van der Waals surface area contributed by atoms with Gasteiger partial charge in [0.1, 0.15) is 0 Å². The van der Waals surface area contributed by atoms with Crippen molar-refractivity contribution in [1.82, 2.24) is 10.6 Å². The van der Waals surface area contributed by atoms with Gasteiger partial charge in [-0.1, -0.05) is 0 Å². The zero-order valence-electron chi connectivity index (χ0n) is 10.1. The van der Waals surface area contributed by atoms with Crippen LogP contribution < -0.4 is 10.6 Å². The van der Waals surface area contributed by atoms with E-state index >= 15 is 0 Å². The van der Waals surface area contributed by atoms with Crippen molar-refractivity contribution in [3.8, 4) is 0 Å². The molecule has 0 aromatic heterocycles. The Balaban J connectivity index is 2.28. The summed E-state index contributed by atoms with van der Waals surface area (Å²) in [6.07, 6.45) is 5.59. The molecule has 2 amide bonds. The minimum atomic E-state index is -0.151. The fourth-order valence-electron chi connectivity index (χ4n) is 1.85. The number of nitrogens with one attached hydrogen (secondary N) is 2. The molecule has 2 N–H and O–H groups in total. The van der Waals surface area contributed by atoms with E-state index in [1.807, 2.05) is 32.5 Å². The van der Waals surface area contributed by atoms with Gasteiger partial charge in [0, 0.05) is 16.8 Å². The first-order chi connectivity index (χ1) is 6.90.